The van der Waals surface area contributed by atoms with Gasteiger partial charge < -0.3 is 10.1 Å². The maximum absolute atomic E-state index is 13.6. The average molecular weight is 380 g/mol. The predicted molar refractivity (Wildman–Crippen MR) is 91.3 cm³/mol. The molecule has 0 saturated heterocycles. The van der Waals surface area contributed by atoms with Gasteiger partial charge in [-0.05, 0) is 30.7 Å². The third-order valence-corrected chi connectivity index (χ3v) is 5.58. The van der Waals surface area contributed by atoms with Crippen molar-refractivity contribution >= 4 is 22.6 Å². The first kappa shape index (κ1) is 17.8. The van der Waals surface area contributed by atoms with Gasteiger partial charge in [-0.15, -0.1) is 0 Å². The van der Waals surface area contributed by atoms with Crippen LogP contribution in [0, 0.1) is 11.8 Å². The van der Waals surface area contributed by atoms with Crippen molar-refractivity contribution in [2.24, 2.45) is 11.8 Å². The summed E-state index contributed by atoms with van der Waals surface area (Å²) in [5.74, 6) is -0.699. The topological polar surface area (TPSA) is 83.3 Å². The van der Waals surface area contributed by atoms with Crippen LogP contribution < -0.4 is 0 Å². The van der Waals surface area contributed by atoms with Crippen LogP contribution in [0.4, 0.5) is 13.2 Å². The lowest BCUT2D eigenvalue weighted by Crippen LogP contribution is -2.10. The number of carbonyl (C=O) groups is 1. The Kier molecular flexibility index (Phi) is 4.12. The van der Waals surface area contributed by atoms with E-state index in [1.54, 1.807) is 12.3 Å². The highest BCUT2D eigenvalue weighted by molar-refractivity contribution is 5.76. The second kappa shape index (κ2) is 6.24. The third kappa shape index (κ3) is 2.94. The lowest BCUT2D eigenvalue weighted by molar-refractivity contribution is -0.140. The molecule has 1 saturated carbocycles. The number of hydrogen-bond donors (Lipinski definition) is 2. The predicted octanol–water partition coefficient (Wildman–Crippen LogP) is 4.22. The quantitative estimate of drug-likeness (QED) is 0.710. The molecule has 4 rings (SSSR count). The van der Waals surface area contributed by atoms with Gasteiger partial charge in [0, 0.05) is 18.5 Å². The first-order valence-electron chi connectivity index (χ1n) is 8.93. The molecule has 3 heterocycles. The van der Waals surface area contributed by atoms with Crippen LogP contribution in [-0.4, -0.2) is 30.4 Å². The van der Waals surface area contributed by atoms with Gasteiger partial charge in [0.05, 0.1) is 17.2 Å². The number of rotatable bonds is 4. The Morgan fingerprint density at radius 2 is 2.15 bits per heavy atom. The molecule has 27 heavy (non-hydrogen) atoms. The molecule has 2 N–H and O–H groups in total. The molecule has 6 nitrogen and oxygen atoms in total. The van der Waals surface area contributed by atoms with Crippen molar-refractivity contribution in [3.63, 3.8) is 0 Å². The highest BCUT2D eigenvalue weighted by atomic mass is 19.4. The Bertz CT molecular complexity index is 1010. The second-order valence-electron chi connectivity index (χ2n) is 7.22. The number of aromatic nitrogens is 4. The minimum absolute atomic E-state index is 0.0313. The van der Waals surface area contributed by atoms with Crippen LogP contribution >= 0.6 is 0 Å². The first-order valence-corrected chi connectivity index (χ1v) is 8.93. The van der Waals surface area contributed by atoms with Gasteiger partial charge in [-0.25, -0.2) is 9.97 Å². The number of H-pyrrole nitrogens is 1. The number of carboxylic acid groups (broad SMARTS) is 1. The van der Waals surface area contributed by atoms with E-state index in [9.17, 15) is 18.0 Å². The van der Waals surface area contributed by atoms with Gasteiger partial charge >= 0.3 is 12.1 Å². The lowest BCUT2D eigenvalue weighted by Gasteiger charge is -2.17. The number of hydrogen-bond acceptors (Lipinski definition) is 3. The number of fused-ring (bicyclic) bond motifs is 3. The van der Waals surface area contributed by atoms with E-state index >= 15 is 0 Å². The van der Waals surface area contributed by atoms with Crippen molar-refractivity contribution in [2.75, 3.05) is 0 Å². The Labute approximate surface area is 152 Å². The molecule has 0 amide bonds. The monoisotopic (exact) mass is 380 g/mol. The number of aromatic amines is 1. The molecule has 9 heteroatoms. The van der Waals surface area contributed by atoms with E-state index in [2.05, 4.69) is 15.0 Å². The molecule has 0 bridgehead atoms. The standard InChI is InChI=1S/C18H19F3N4O2/c1-2-10-5-9(7-14(26)27)6-11(10)17-24-15(18(19,20)21)13-8-23-16-12(25(13)17)3-4-22-16/h3-4,8-11,22H,2,5-7H2,1H3,(H,26,27)/t9-,10-,11+/m1/s1. The largest absolute Gasteiger partial charge is 0.481 e. The first-order chi connectivity index (χ1) is 12.8. The van der Waals surface area contributed by atoms with Gasteiger partial charge in [-0.2, -0.15) is 13.2 Å². The van der Waals surface area contributed by atoms with Crippen molar-refractivity contribution in [3.8, 4) is 0 Å². The Hall–Kier alpha value is -2.58. The average Bonchev–Trinajstić information content (AvgIpc) is 3.28. The number of carboxylic acids is 1. The summed E-state index contributed by atoms with van der Waals surface area (Å²) in [6.45, 7) is 1.98. The number of nitrogens with one attached hydrogen (secondary N) is 1. The highest BCUT2D eigenvalue weighted by Crippen LogP contribution is 2.47. The molecule has 0 spiro atoms. The van der Waals surface area contributed by atoms with E-state index in [0.717, 1.165) is 6.42 Å². The zero-order chi connectivity index (χ0) is 19.3. The molecular formula is C18H19F3N4O2. The van der Waals surface area contributed by atoms with Crippen molar-refractivity contribution < 1.29 is 23.1 Å². The molecule has 3 aromatic rings. The number of halogens is 3. The zero-order valence-electron chi connectivity index (χ0n) is 14.6. The van der Waals surface area contributed by atoms with E-state index in [4.69, 9.17) is 5.11 Å². The van der Waals surface area contributed by atoms with Crippen LogP contribution in [0.5, 0.6) is 0 Å². The summed E-state index contributed by atoms with van der Waals surface area (Å²) in [7, 11) is 0. The van der Waals surface area contributed by atoms with E-state index in [-0.39, 0.29) is 29.7 Å². The lowest BCUT2D eigenvalue weighted by atomic mass is 9.93. The van der Waals surface area contributed by atoms with Crippen LogP contribution in [0.3, 0.4) is 0 Å². The molecule has 0 aliphatic heterocycles. The summed E-state index contributed by atoms with van der Waals surface area (Å²) in [6.07, 6.45) is 0.245. The fraction of sp³-hybridized carbons (Fsp3) is 0.500. The van der Waals surface area contributed by atoms with Crippen LogP contribution in [-0.2, 0) is 11.0 Å². The van der Waals surface area contributed by atoms with Crippen molar-refractivity contribution in [1.82, 2.24) is 19.4 Å². The molecule has 0 radical (unpaired) electrons. The summed E-state index contributed by atoms with van der Waals surface area (Å²) < 4.78 is 42.3. The SMILES string of the molecule is CC[C@@H]1C[C@@H](CC(=O)O)C[C@@H]1c1nc(C(F)(F)F)c2cnc3[nH]ccc3n12. The summed E-state index contributed by atoms with van der Waals surface area (Å²) in [5.41, 5.74) is 0.0239. The van der Waals surface area contributed by atoms with Crippen LogP contribution in [0.1, 0.15) is 50.0 Å². The Morgan fingerprint density at radius 1 is 1.37 bits per heavy atom. The second-order valence-corrected chi connectivity index (χ2v) is 7.22. The molecule has 1 fully saturated rings. The van der Waals surface area contributed by atoms with Crippen molar-refractivity contribution in [1.29, 1.82) is 0 Å². The summed E-state index contributed by atoms with van der Waals surface area (Å²) in [5, 5.41) is 9.10. The van der Waals surface area contributed by atoms with Crippen molar-refractivity contribution in [3.05, 3.63) is 30.0 Å². The number of alkyl halides is 3. The molecule has 1 aliphatic carbocycles. The molecule has 3 aromatic heterocycles. The van der Waals surface area contributed by atoms with E-state index in [1.165, 1.54) is 10.6 Å². The summed E-state index contributed by atoms with van der Waals surface area (Å²) in [4.78, 5) is 22.1. The fourth-order valence-corrected chi connectivity index (χ4v) is 4.46. The maximum atomic E-state index is 13.6. The van der Waals surface area contributed by atoms with E-state index < -0.39 is 17.8 Å². The van der Waals surface area contributed by atoms with Gasteiger partial charge in [0.25, 0.3) is 0 Å². The zero-order valence-corrected chi connectivity index (χ0v) is 14.6. The molecule has 1 aliphatic rings. The minimum Gasteiger partial charge on any atom is -0.481 e. The highest BCUT2D eigenvalue weighted by Gasteiger charge is 2.42. The summed E-state index contributed by atoms with van der Waals surface area (Å²) >= 11 is 0. The Morgan fingerprint density at radius 3 is 2.81 bits per heavy atom. The van der Waals surface area contributed by atoms with Crippen LogP contribution in [0.2, 0.25) is 0 Å². The van der Waals surface area contributed by atoms with E-state index in [0.29, 0.717) is 29.8 Å². The van der Waals surface area contributed by atoms with Crippen LogP contribution in [0.25, 0.3) is 16.7 Å². The van der Waals surface area contributed by atoms with Gasteiger partial charge in [0.15, 0.2) is 11.3 Å². The Balaban J connectivity index is 1.90. The smallest absolute Gasteiger partial charge is 0.435 e. The van der Waals surface area contributed by atoms with E-state index in [1.807, 2.05) is 6.92 Å². The normalized spacial score (nSPS) is 23.5. The van der Waals surface area contributed by atoms with Gasteiger partial charge in [-0.1, -0.05) is 13.3 Å². The van der Waals surface area contributed by atoms with Crippen molar-refractivity contribution in [2.45, 2.75) is 44.7 Å². The molecular weight excluding hydrogens is 361 g/mol. The summed E-state index contributed by atoms with van der Waals surface area (Å²) in [6, 6.07) is 1.69. The van der Waals surface area contributed by atoms with Gasteiger partial charge in [0.1, 0.15) is 5.82 Å². The molecule has 3 atom stereocenters. The number of nitrogens with zero attached hydrogens (tertiary/aromatic N) is 3. The third-order valence-electron chi connectivity index (χ3n) is 5.58. The fourth-order valence-electron chi connectivity index (χ4n) is 4.46. The number of imidazole rings is 1. The molecule has 0 unspecified atom stereocenters. The van der Waals surface area contributed by atoms with Gasteiger partial charge in [0.2, 0.25) is 0 Å². The van der Waals surface area contributed by atoms with Gasteiger partial charge in [-0.3, -0.25) is 9.20 Å². The maximum Gasteiger partial charge on any atom is 0.435 e. The van der Waals surface area contributed by atoms with Crippen LogP contribution in [0.15, 0.2) is 18.5 Å². The number of aliphatic carboxylic acids is 1. The minimum atomic E-state index is -4.59. The molecule has 0 aromatic carbocycles. The molecule has 144 valence electrons.